The minimum absolute atomic E-state index is 0.131. The van der Waals surface area contributed by atoms with Gasteiger partial charge < -0.3 is 10.2 Å². The van der Waals surface area contributed by atoms with Crippen molar-refractivity contribution in [3.8, 4) is 5.75 Å². The van der Waals surface area contributed by atoms with Gasteiger partial charge in [0, 0.05) is 5.41 Å². The molecule has 0 saturated heterocycles. The molecule has 1 aromatic rings. The summed E-state index contributed by atoms with van der Waals surface area (Å²) < 4.78 is 0.535. The highest BCUT2D eigenvalue weighted by atomic mass is 79.9. The lowest BCUT2D eigenvalue weighted by molar-refractivity contribution is 0.0813. The molecule has 3 heteroatoms. The van der Waals surface area contributed by atoms with E-state index in [4.69, 9.17) is 0 Å². The van der Waals surface area contributed by atoms with Crippen LogP contribution in [0, 0.1) is 5.41 Å². The number of aliphatic hydroxyl groups excluding tert-OH is 1. The molecule has 0 aliphatic rings. The van der Waals surface area contributed by atoms with Crippen LogP contribution in [0.15, 0.2) is 35.3 Å². The summed E-state index contributed by atoms with van der Waals surface area (Å²) in [5, 5.41) is 19.6. The Bertz CT molecular complexity index is 372. The lowest BCUT2D eigenvalue weighted by Gasteiger charge is -2.28. The van der Waals surface area contributed by atoms with E-state index in [1.54, 1.807) is 24.3 Å². The van der Waals surface area contributed by atoms with E-state index in [0.29, 0.717) is 10.0 Å². The molecule has 0 saturated carbocycles. The fraction of sp³-hybridized carbons (Fsp3) is 0.333. The van der Waals surface area contributed by atoms with E-state index < -0.39 is 11.5 Å². The Labute approximate surface area is 98.4 Å². The summed E-state index contributed by atoms with van der Waals surface area (Å²) in [6, 6.07) is 5.05. The van der Waals surface area contributed by atoms with Crippen molar-refractivity contribution in [2.75, 3.05) is 0 Å². The number of aliphatic hydroxyl groups is 1. The van der Waals surface area contributed by atoms with Crippen molar-refractivity contribution in [3.05, 3.63) is 40.9 Å². The third-order valence-electron chi connectivity index (χ3n) is 2.53. The average Bonchev–Trinajstić information content (AvgIpc) is 2.21. The van der Waals surface area contributed by atoms with E-state index in [1.807, 2.05) is 13.8 Å². The molecule has 0 aromatic heterocycles. The lowest BCUT2D eigenvalue weighted by Crippen LogP contribution is -2.19. The van der Waals surface area contributed by atoms with Crippen molar-refractivity contribution in [1.82, 2.24) is 0 Å². The maximum Gasteiger partial charge on any atom is 0.130 e. The van der Waals surface area contributed by atoms with Crippen LogP contribution in [-0.4, -0.2) is 10.2 Å². The highest BCUT2D eigenvalue weighted by Gasteiger charge is 2.27. The topological polar surface area (TPSA) is 40.5 Å². The Morgan fingerprint density at radius 2 is 2.07 bits per heavy atom. The minimum Gasteiger partial charge on any atom is -0.507 e. The van der Waals surface area contributed by atoms with Crippen molar-refractivity contribution in [2.24, 2.45) is 5.41 Å². The first kappa shape index (κ1) is 12.3. The van der Waals surface area contributed by atoms with E-state index in [1.165, 1.54) is 0 Å². The zero-order valence-electron chi connectivity index (χ0n) is 8.87. The summed E-state index contributed by atoms with van der Waals surface area (Å²) in [6.07, 6.45) is 1.00. The summed E-state index contributed by atoms with van der Waals surface area (Å²) in [7, 11) is 0. The van der Waals surface area contributed by atoms with E-state index in [-0.39, 0.29) is 5.75 Å². The molecule has 1 rings (SSSR count). The molecular formula is C12H15BrO2. The van der Waals surface area contributed by atoms with Crippen LogP contribution in [0.1, 0.15) is 25.5 Å². The predicted molar refractivity (Wildman–Crippen MR) is 64.7 cm³/mol. The van der Waals surface area contributed by atoms with Crippen LogP contribution in [0.4, 0.5) is 0 Å². The number of hydrogen-bond donors (Lipinski definition) is 2. The van der Waals surface area contributed by atoms with Gasteiger partial charge in [0.25, 0.3) is 0 Å². The Morgan fingerprint density at radius 1 is 1.47 bits per heavy atom. The fourth-order valence-electron chi connectivity index (χ4n) is 1.26. The van der Waals surface area contributed by atoms with Crippen molar-refractivity contribution >= 4 is 15.9 Å². The van der Waals surface area contributed by atoms with Crippen LogP contribution in [0.3, 0.4) is 0 Å². The largest absolute Gasteiger partial charge is 0.507 e. The number of aromatic hydroxyl groups is 1. The molecule has 1 atom stereocenters. The number of benzene rings is 1. The lowest BCUT2D eigenvalue weighted by atomic mass is 9.83. The Morgan fingerprint density at radius 3 is 2.60 bits per heavy atom. The van der Waals surface area contributed by atoms with Crippen molar-refractivity contribution in [1.29, 1.82) is 0 Å². The van der Waals surface area contributed by atoms with Crippen LogP contribution < -0.4 is 0 Å². The Kier molecular flexibility index (Phi) is 3.58. The van der Waals surface area contributed by atoms with Gasteiger partial charge in [-0.3, -0.25) is 0 Å². The SMILES string of the molecule is C=CC(C)(C)C(O)c1cccc(O)c1Br. The highest BCUT2D eigenvalue weighted by molar-refractivity contribution is 9.10. The zero-order chi connectivity index (χ0) is 11.6. The average molecular weight is 271 g/mol. The zero-order valence-corrected chi connectivity index (χ0v) is 10.5. The van der Waals surface area contributed by atoms with Gasteiger partial charge in [0.2, 0.25) is 0 Å². The van der Waals surface area contributed by atoms with Gasteiger partial charge >= 0.3 is 0 Å². The van der Waals surface area contributed by atoms with Gasteiger partial charge in [-0.25, -0.2) is 0 Å². The standard InChI is InChI=1S/C12H15BrO2/c1-4-12(2,3)11(15)8-6-5-7-9(14)10(8)13/h4-7,11,14-15H,1H2,2-3H3. The third kappa shape index (κ3) is 2.41. The van der Waals surface area contributed by atoms with Crippen LogP contribution in [0.5, 0.6) is 5.75 Å². The molecule has 0 radical (unpaired) electrons. The number of phenolic OH excluding ortho intramolecular Hbond substituents is 1. The van der Waals surface area contributed by atoms with E-state index >= 15 is 0 Å². The molecule has 0 amide bonds. The first-order valence-corrected chi connectivity index (χ1v) is 5.48. The first-order chi connectivity index (χ1) is 6.90. The maximum absolute atomic E-state index is 10.1. The third-order valence-corrected chi connectivity index (χ3v) is 3.40. The molecule has 0 spiro atoms. The summed E-state index contributed by atoms with van der Waals surface area (Å²) in [4.78, 5) is 0. The van der Waals surface area contributed by atoms with E-state index in [0.717, 1.165) is 0 Å². The van der Waals surface area contributed by atoms with Gasteiger partial charge in [0.1, 0.15) is 5.75 Å². The summed E-state index contributed by atoms with van der Waals surface area (Å²) in [5.41, 5.74) is 0.232. The van der Waals surface area contributed by atoms with Crippen molar-refractivity contribution < 1.29 is 10.2 Å². The second kappa shape index (κ2) is 4.37. The maximum atomic E-state index is 10.1. The number of hydrogen-bond acceptors (Lipinski definition) is 2. The highest BCUT2D eigenvalue weighted by Crippen LogP contribution is 2.40. The summed E-state index contributed by atoms with van der Waals surface area (Å²) >= 11 is 3.26. The molecular weight excluding hydrogens is 256 g/mol. The van der Waals surface area contributed by atoms with E-state index in [2.05, 4.69) is 22.5 Å². The number of rotatable bonds is 3. The first-order valence-electron chi connectivity index (χ1n) is 4.69. The van der Waals surface area contributed by atoms with Gasteiger partial charge in [-0.15, -0.1) is 6.58 Å². The quantitative estimate of drug-likeness (QED) is 0.827. The molecule has 2 nitrogen and oxygen atoms in total. The van der Waals surface area contributed by atoms with Crippen LogP contribution in [-0.2, 0) is 0 Å². The molecule has 0 aliphatic carbocycles. The van der Waals surface area contributed by atoms with Crippen molar-refractivity contribution in [2.45, 2.75) is 20.0 Å². The Hall–Kier alpha value is -0.800. The fourth-order valence-corrected chi connectivity index (χ4v) is 1.74. The summed E-state index contributed by atoms with van der Waals surface area (Å²) in [5.74, 6) is 0.131. The second-order valence-electron chi connectivity index (χ2n) is 4.11. The molecule has 1 aromatic carbocycles. The molecule has 2 N–H and O–H groups in total. The summed E-state index contributed by atoms with van der Waals surface area (Å²) in [6.45, 7) is 7.47. The van der Waals surface area contributed by atoms with Gasteiger partial charge in [-0.2, -0.15) is 0 Å². The van der Waals surface area contributed by atoms with Crippen LogP contribution in [0.2, 0.25) is 0 Å². The van der Waals surface area contributed by atoms with E-state index in [9.17, 15) is 10.2 Å². The van der Waals surface area contributed by atoms with Gasteiger partial charge in [0.05, 0.1) is 10.6 Å². The normalized spacial score (nSPS) is 13.6. The molecule has 0 bridgehead atoms. The van der Waals surface area contributed by atoms with Gasteiger partial charge in [-0.1, -0.05) is 32.1 Å². The van der Waals surface area contributed by atoms with Gasteiger partial charge in [0.15, 0.2) is 0 Å². The molecule has 15 heavy (non-hydrogen) atoms. The molecule has 1 unspecified atom stereocenters. The molecule has 0 fully saturated rings. The van der Waals surface area contributed by atoms with Crippen LogP contribution >= 0.6 is 15.9 Å². The number of phenols is 1. The second-order valence-corrected chi connectivity index (χ2v) is 4.90. The smallest absolute Gasteiger partial charge is 0.130 e. The molecule has 0 aliphatic heterocycles. The van der Waals surface area contributed by atoms with Crippen molar-refractivity contribution in [3.63, 3.8) is 0 Å². The predicted octanol–water partition coefficient (Wildman–Crippen LogP) is 3.40. The minimum atomic E-state index is -0.698. The van der Waals surface area contributed by atoms with Gasteiger partial charge in [-0.05, 0) is 27.6 Å². The van der Waals surface area contributed by atoms with Crippen LogP contribution in [0.25, 0.3) is 0 Å². The molecule has 0 heterocycles. The monoisotopic (exact) mass is 270 g/mol. The molecule has 82 valence electrons. The Balaban J connectivity index is 3.17. The number of halogens is 1.